The number of nitrogens with one attached hydrogen (secondary N) is 1. The maximum Gasteiger partial charge on any atom is 0.347 e. The first-order valence-electron chi connectivity index (χ1n) is 8.25. The number of rotatable bonds is 8. The summed E-state index contributed by atoms with van der Waals surface area (Å²) >= 11 is 0. The van der Waals surface area contributed by atoms with Gasteiger partial charge in [-0.2, -0.15) is 5.26 Å². The van der Waals surface area contributed by atoms with Gasteiger partial charge in [-0.05, 0) is 48.9 Å². The second kappa shape index (κ2) is 9.82. The SMILES string of the molecule is COc1ccc(CNC(=O)COC(=O)[C@@H](C)Oc2ccc(C#N)cc2)cc1. The molecule has 1 N–H and O–H groups in total. The molecule has 0 aromatic heterocycles. The Hall–Kier alpha value is -3.53. The summed E-state index contributed by atoms with van der Waals surface area (Å²) in [7, 11) is 1.58. The summed E-state index contributed by atoms with van der Waals surface area (Å²) in [6.45, 7) is 1.45. The monoisotopic (exact) mass is 368 g/mol. The average molecular weight is 368 g/mol. The summed E-state index contributed by atoms with van der Waals surface area (Å²) < 4.78 is 15.5. The largest absolute Gasteiger partial charge is 0.497 e. The molecule has 1 atom stereocenters. The molecule has 0 heterocycles. The van der Waals surface area contributed by atoms with Gasteiger partial charge in [0.2, 0.25) is 0 Å². The predicted octanol–water partition coefficient (Wildman–Crippen LogP) is 2.19. The van der Waals surface area contributed by atoms with Crippen molar-refractivity contribution in [3.8, 4) is 17.6 Å². The van der Waals surface area contributed by atoms with Crippen LogP contribution in [0.1, 0.15) is 18.1 Å². The van der Waals surface area contributed by atoms with Crippen molar-refractivity contribution in [1.82, 2.24) is 5.32 Å². The maximum absolute atomic E-state index is 11.9. The summed E-state index contributed by atoms with van der Waals surface area (Å²) in [6.07, 6.45) is -0.882. The molecule has 7 nitrogen and oxygen atoms in total. The minimum absolute atomic E-state index is 0.317. The van der Waals surface area contributed by atoms with Gasteiger partial charge in [-0.15, -0.1) is 0 Å². The van der Waals surface area contributed by atoms with E-state index in [1.165, 1.54) is 6.92 Å². The predicted molar refractivity (Wildman–Crippen MR) is 97.0 cm³/mol. The third kappa shape index (κ3) is 6.36. The van der Waals surface area contributed by atoms with E-state index in [0.29, 0.717) is 17.9 Å². The first-order valence-corrected chi connectivity index (χ1v) is 8.25. The molecular formula is C20H20N2O5. The number of ether oxygens (including phenoxy) is 3. The number of amides is 1. The Morgan fingerprint density at radius 2 is 1.70 bits per heavy atom. The van der Waals surface area contributed by atoms with E-state index in [1.54, 1.807) is 43.5 Å². The molecule has 0 aliphatic carbocycles. The molecule has 0 aliphatic heterocycles. The minimum Gasteiger partial charge on any atom is -0.497 e. The number of carbonyl (C=O) groups excluding carboxylic acids is 2. The molecule has 0 aliphatic rings. The molecule has 0 radical (unpaired) electrons. The molecule has 0 fully saturated rings. The van der Waals surface area contributed by atoms with Crippen molar-refractivity contribution in [2.45, 2.75) is 19.6 Å². The Bertz CT molecular complexity index is 810. The number of methoxy groups -OCH3 is 1. The van der Waals surface area contributed by atoms with Crippen LogP contribution in [0, 0.1) is 11.3 Å². The standard InChI is InChI=1S/C20H20N2O5/c1-14(27-18-9-3-15(11-21)4-10-18)20(24)26-13-19(23)22-12-16-5-7-17(25-2)8-6-16/h3-10,14H,12-13H2,1-2H3,(H,22,23)/t14-/m1/s1. The van der Waals surface area contributed by atoms with Gasteiger partial charge in [-0.1, -0.05) is 12.1 Å². The van der Waals surface area contributed by atoms with Crippen molar-refractivity contribution in [3.63, 3.8) is 0 Å². The van der Waals surface area contributed by atoms with Crippen LogP contribution in [0.3, 0.4) is 0 Å². The zero-order valence-electron chi connectivity index (χ0n) is 15.1. The Morgan fingerprint density at radius 3 is 2.30 bits per heavy atom. The maximum atomic E-state index is 11.9. The number of nitriles is 1. The Kier molecular flexibility index (Phi) is 7.20. The second-order valence-corrected chi connectivity index (χ2v) is 5.63. The van der Waals surface area contributed by atoms with Crippen LogP contribution >= 0.6 is 0 Å². The summed E-state index contributed by atoms with van der Waals surface area (Å²) in [5.41, 5.74) is 1.39. The normalized spacial score (nSPS) is 11.0. The van der Waals surface area contributed by atoms with Gasteiger partial charge in [-0.3, -0.25) is 4.79 Å². The van der Waals surface area contributed by atoms with Crippen molar-refractivity contribution < 1.29 is 23.8 Å². The van der Waals surface area contributed by atoms with Crippen molar-refractivity contribution >= 4 is 11.9 Å². The molecule has 2 aromatic carbocycles. The van der Waals surface area contributed by atoms with Crippen LogP contribution in [0.15, 0.2) is 48.5 Å². The lowest BCUT2D eigenvalue weighted by Crippen LogP contribution is -2.32. The van der Waals surface area contributed by atoms with Crippen LogP contribution in [0.5, 0.6) is 11.5 Å². The van der Waals surface area contributed by atoms with Gasteiger partial charge >= 0.3 is 5.97 Å². The summed E-state index contributed by atoms with van der Waals surface area (Å²) in [6, 6.07) is 15.6. The molecule has 140 valence electrons. The van der Waals surface area contributed by atoms with Crippen LogP contribution in [0.2, 0.25) is 0 Å². The smallest absolute Gasteiger partial charge is 0.347 e. The fourth-order valence-electron chi connectivity index (χ4n) is 2.11. The van der Waals surface area contributed by atoms with Gasteiger partial charge in [0.15, 0.2) is 12.7 Å². The number of nitrogens with zero attached hydrogens (tertiary/aromatic N) is 1. The Morgan fingerprint density at radius 1 is 1.07 bits per heavy atom. The van der Waals surface area contributed by atoms with E-state index in [9.17, 15) is 9.59 Å². The van der Waals surface area contributed by atoms with Gasteiger partial charge in [0.1, 0.15) is 11.5 Å². The third-order valence-electron chi connectivity index (χ3n) is 3.62. The highest BCUT2D eigenvalue weighted by Gasteiger charge is 2.17. The molecule has 2 aromatic rings. The lowest BCUT2D eigenvalue weighted by Gasteiger charge is -2.14. The highest BCUT2D eigenvalue weighted by molar-refractivity contribution is 5.82. The lowest BCUT2D eigenvalue weighted by molar-refractivity contribution is -0.154. The molecule has 1 amide bonds. The summed E-state index contributed by atoms with van der Waals surface area (Å²) in [5, 5.41) is 11.4. The zero-order valence-corrected chi connectivity index (χ0v) is 15.1. The third-order valence-corrected chi connectivity index (χ3v) is 3.62. The molecular weight excluding hydrogens is 348 g/mol. The topological polar surface area (TPSA) is 97.7 Å². The highest BCUT2D eigenvalue weighted by Crippen LogP contribution is 2.14. The van der Waals surface area contributed by atoms with Crippen molar-refractivity contribution in [2.75, 3.05) is 13.7 Å². The fourth-order valence-corrected chi connectivity index (χ4v) is 2.11. The first kappa shape index (κ1) is 19.8. The van der Waals surface area contributed by atoms with Crippen LogP contribution in [0.25, 0.3) is 0 Å². The van der Waals surface area contributed by atoms with Gasteiger partial charge in [0, 0.05) is 6.54 Å². The number of hydrogen-bond donors (Lipinski definition) is 1. The van der Waals surface area contributed by atoms with Crippen molar-refractivity contribution in [3.05, 3.63) is 59.7 Å². The Labute approximate surface area is 157 Å². The Balaban J connectivity index is 1.72. The quantitative estimate of drug-likeness (QED) is 0.718. The minimum atomic E-state index is -0.882. The zero-order chi connectivity index (χ0) is 19.6. The molecule has 0 bridgehead atoms. The van der Waals surface area contributed by atoms with E-state index in [4.69, 9.17) is 19.5 Å². The fraction of sp³-hybridized carbons (Fsp3) is 0.250. The summed E-state index contributed by atoms with van der Waals surface area (Å²) in [5.74, 6) is 0.0985. The average Bonchev–Trinajstić information content (AvgIpc) is 2.71. The van der Waals surface area contributed by atoms with Crippen molar-refractivity contribution in [1.29, 1.82) is 5.26 Å². The van der Waals surface area contributed by atoms with E-state index in [0.717, 1.165) is 11.3 Å². The van der Waals surface area contributed by atoms with Gasteiger partial charge in [0.25, 0.3) is 5.91 Å². The molecule has 0 unspecified atom stereocenters. The number of carbonyl (C=O) groups is 2. The molecule has 0 spiro atoms. The molecule has 27 heavy (non-hydrogen) atoms. The van der Waals surface area contributed by atoms with Crippen molar-refractivity contribution in [2.24, 2.45) is 0 Å². The van der Waals surface area contributed by atoms with E-state index >= 15 is 0 Å². The number of esters is 1. The molecule has 7 heteroatoms. The molecule has 0 saturated carbocycles. The van der Waals surface area contributed by atoms with Gasteiger partial charge < -0.3 is 19.5 Å². The van der Waals surface area contributed by atoms with E-state index in [-0.39, 0.29) is 0 Å². The van der Waals surface area contributed by atoms with Gasteiger partial charge in [0.05, 0.1) is 18.7 Å². The van der Waals surface area contributed by atoms with Crippen LogP contribution in [-0.2, 0) is 20.9 Å². The van der Waals surface area contributed by atoms with E-state index < -0.39 is 24.6 Å². The lowest BCUT2D eigenvalue weighted by atomic mass is 10.2. The number of benzene rings is 2. The van der Waals surface area contributed by atoms with Crippen LogP contribution in [-0.4, -0.2) is 31.7 Å². The van der Waals surface area contributed by atoms with E-state index in [1.807, 2.05) is 18.2 Å². The molecule has 2 rings (SSSR count). The van der Waals surface area contributed by atoms with Crippen LogP contribution in [0.4, 0.5) is 0 Å². The first-order chi connectivity index (χ1) is 13.0. The number of hydrogen-bond acceptors (Lipinski definition) is 6. The highest BCUT2D eigenvalue weighted by atomic mass is 16.6. The second-order valence-electron chi connectivity index (χ2n) is 5.63. The van der Waals surface area contributed by atoms with Crippen LogP contribution < -0.4 is 14.8 Å². The summed E-state index contributed by atoms with van der Waals surface area (Å²) in [4.78, 5) is 23.7. The molecule has 0 saturated heterocycles. The van der Waals surface area contributed by atoms with Gasteiger partial charge in [-0.25, -0.2) is 4.79 Å². The van der Waals surface area contributed by atoms with E-state index in [2.05, 4.69) is 5.32 Å².